The van der Waals surface area contributed by atoms with Crippen molar-refractivity contribution >= 4 is 11.7 Å². The summed E-state index contributed by atoms with van der Waals surface area (Å²) in [5, 5.41) is 8.61. The Labute approximate surface area is 134 Å². The van der Waals surface area contributed by atoms with E-state index in [2.05, 4.69) is 31.1 Å². The van der Waals surface area contributed by atoms with Crippen molar-refractivity contribution in [1.29, 1.82) is 0 Å². The van der Waals surface area contributed by atoms with E-state index in [9.17, 15) is 4.79 Å². The van der Waals surface area contributed by atoms with E-state index < -0.39 is 0 Å². The van der Waals surface area contributed by atoms with Gasteiger partial charge in [-0.1, -0.05) is 0 Å². The van der Waals surface area contributed by atoms with Crippen molar-refractivity contribution in [3.63, 3.8) is 0 Å². The van der Waals surface area contributed by atoms with Gasteiger partial charge in [0.1, 0.15) is 5.69 Å². The molecule has 1 saturated carbocycles. The fraction of sp³-hybridized carbons (Fsp3) is 0.438. The molecule has 2 fully saturated rings. The molecule has 0 unspecified atom stereocenters. The van der Waals surface area contributed by atoms with E-state index in [1.807, 2.05) is 6.07 Å². The first-order valence-electron chi connectivity index (χ1n) is 7.84. The molecule has 118 valence electrons. The van der Waals surface area contributed by atoms with E-state index in [1.165, 1.54) is 25.2 Å². The van der Waals surface area contributed by atoms with Crippen molar-refractivity contribution in [2.24, 2.45) is 0 Å². The zero-order valence-corrected chi connectivity index (χ0v) is 13.0. The average Bonchev–Trinajstić information content (AvgIpc) is 3.39. The Morgan fingerprint density at radius 2 is 2.04 bits per heavy atom. The molecule has 1 saturated heterocycles. The van der Waals surface area contributed by atoms with Crippen molar-refractivity contribution in [1.82, 2.24) is 25.1 Å². The molecule has 0 atom stereocenters. The van der Waals surface area contributed by atoms with E-state index in [0.717, 1.165) is 24.6 Å². The van der Waals surface area contributed by atoms with E-state index in [1.54, 1.807) is 18.1 Å². The number of carbonyl (C=O) groups excluding carboxylic acids is 1. The molecule has 7 nitrogen and oxygen atoms in total. The average molecular weight is 310 g/mol. The first kappa shape index (κ1) is 14.0. The third-order valence-corrected chi connectivity index (χ3v) is 4.50. The predicted molar refractivity (Wildman–Crippen MR) is 84.1 cm³/mol. The van der Waals surface area contributed by atoms with Gasteiger partial charge in [0.25, 0.3) is 5.91 Å². The number of amides is 1. The molecule has 0 aromatic carbocycles. The molecular weight excluding hydrogens is 292 g/mol. The van der Waals surface area contributed by atoms with Gasteiger partial charge in [0.15, 0.2) is 5.82 Å². The summed E-state index contributed by atoms with van der Waals surface area (Å²) in [5.41, 5.74) is 1.47. The van der Waals surface area contributed by atoms with Crippen LogP contribution < -0.4 is 4.90 Å². The quantitative estimate of drug-likeness (QED) is 0.842. The Balaban J connectivity index is 1.36. The number of rotatable bonds is 4. The molecule has 4 rings (SSSR count). The molecule has 2 aliphatic rings. The van der Waals surface area contributed by atoms with Crippen molar-refractivity contribution in [3.05, 3.63) is 42.1 Å². The minimum atomic E-state index is -0.0992. The highest BCUT2D eigenvalue weighted by molar-refractivity contribution is 5.92. The van der Waals surface area contributed by atoms with E-state index >= 15 is 0 Å². The van der Waals surface area contributed by atoms with Crippen molar-refractivity contribution in [2.45, 2.75) is 24.8 Å². The van der Waals surface area contributed by atoms with Gasteiger partial charge in [-0.3, -0.25) is 9.78 Å². The lowest BCUT2D eigenvalue weighted by Gasteiger charge is -2.44. The molecule has 0 spiro atoms. The number of likely N-dealkylation sites (N-methyl/N-ethyl adjacent to an activating group) is 1. The molecule has 0 N–H and O–H groups in total. The van der Waals surface area contributed by atoms with Gasteiger partial charge in [0.05, 0.1) is 17.9 Å². The van der Waals surface area contributed by atoms with Crippen LogP contribution >= 0.6 is 0 Å². The van der Waals surface area contributed by atoms with Crippen LogP contribution in [0.3, 0.4) is 0 Å². The monoisotopic (exact) mass is 310 g/mol. The molecule has 23 heavy (non-hydrogen) atoms. The topological polar surface area (TPSA) is 75.1 Å². The first-order valence-corrected chi connectivity index (χ1v) is 7.84. The Morgan fingerprint density at radius 1 is 1.22 bits per heavy atom. The largest absolute Gasteiger partial charge is 0.351 e. The summed E-state index contributed by atoms with van der Waals surface area (Å²) < 4.78 is 0. The number of hydrogen-bond acceptors (Lipinski definition) is 6. The fourth-order valence-electron chi connectivity index (χ4n) is 2.74. The minimum Gasteiger partial charge on any atom is -0.351 e. The van der Waals surface area contributed by atoms with Crippen LogP contribution in [0, 0.1) is 0 Å². The first-order chi connectivity index (χ1) is 11.2. The molecule has 0 bridgehead atoms. The highest BCUT2D eigenvalue weighted by Crippen LogP contribution is 2.38. The van der Waals surface area contributed by atoms with Crippen LogP contribution in [-0.2, 0) is 0 Å². The SMILES string of the molecule is CN(C(=O)c1cnccn1)C1CN(c2ccc(C3CC3)nn2)C1. The maximum absolute atomic E-state index is 12.3. The highest BCUT2D eigenvalue weighted by Gasteiger charge is 2.34. The second-order valence-electron chi connectivity index (χ2n) is 6.16. The molecule has 1 aliphatic carbocycles. The molecule has 2 aromatic heterocycles. The second kappa shape index (κ2) is 5.57. The van der Waals surface area contributed by atoms with Gasteiger partial charge in [-0.15, -0.1) is 5.10 Å². The summed E-state index contributed by atoms with van der Waals surface area (Å²) in [6.45, 7) is 1.53. The zero-order valence-electron chi connectivity index (χ0n) is 13.0. The molecule has 2 aromatic rings. The van der Waals surface area contributed by atoms with E-state index in [0.29, 0.717) is 11.6 Å². The summed E-state index contributed by atoms with van der Waals surface area (Å²) in [7, 11) is 1.81. The highest BCUT2D eigenvalue weighted by atomic mass is 16.2. The van der Waals surface area contributed by atoms with Crippen LogP contribution in [0.5, 0.6) is 0 Å². The summed E-state index contributed by atoms with van der Waals surface area (Å²) in [6.07, 6.45) is 7.05. The molecule has 1 amide bonds. The maximum Gasteiger partial charge on any atom is 0.274 e. The van der Waals surface area contributed by atoms with Crippen molar-refractivity contribution in [3.8, 4) is 0 Å². The normalized spacial score (nSPS) is 17.7. The molecule has 0 radical (unpaired) electrons. The van der Waals surface area contributed by atoms with Crippen LogP contribution in [0.15, 0.2) is 30.7 Å². The summed E-state index contributed by atoms with van der Waals surface area (Å²) >= 11 is 0. The predicted octanol–water partition coefficient (Wildman–Crippen LogP) is 1.10. The smallest absolute Gasteiger partial charge is 0.274 e. The molecular formula is C16H18N6O. The lowest BCUT2D eigenvalue weighted by molar-refractivity contribution is 0.0698. The minimum absolute atomic E-state index is 0.0992. The third kappa shape index (κ3) is 2.74. The zero-order chi connectivity index (χ0) is 15.8. The van der Waals surface area contributed by atoms with Gasteiger partial charge in [0, 0.05) is 38.4 Å². The Hall–Kier alpha value is -2.57. The number of carbonyl (C=O) groups is 1. The Morgan fingerprint density at radius 3 is 2.65 bits per heavy atom. The summed E-state index contributed by atoms with van der Waals surface area (Å²) in [5.74, 6) is 1.40. The van der Waals surface area contributed by atoms with Crippen LogP contribution in [0.25, 0.3) is 0 Å². The maximum atomic E-state index is 12.3. The van der Waals surface area contributed by atoms with Crippen LogP contribution in [0.4, 0.5) is 5.82 Å². The summed E-state index contributed by atoms with van der Waals surface area (Å²) in [4.78, 5) is 24.2. The van der Waals surface area contributed by atoms with Crippen molar-refractivity contribution < 1.29 is 4.79 Å². The number of aromatic nitrogens is 4. The lowest BCUT2D eigenvalue weighted by Crippen LogP contribution is -2.60. The molecule has 3 heterocycles. The number of anilines is 1. The van der Waals surface area contributed by atoms with E-state index in [4.69, 9.17) is 0 Å². The fourth-order valence-corrected chi connectivity index (χ4v) is 2.74. The molecule has 7 heteroatoms. The van der Waals surface area contributed by atoms with Gasteiger partial charge in [-0.25, -0.2) is 4.98 Å². The van der Waals surface area contributed by atoms with Crippen LogP contribution in [0.1, 0.15) is 34.9 Å². The van der Waals surface area contributed by atoms with Gasteiger partial charge in [-0.05, 0) is 25.0 Å². The van der Waals surface area contributed by atoms with Gasteiger partial charge in [-0.2, -0.15) is 5.10 Å². The standard InChI is InChI=1S/C16H18N6O/c1-21(16(23)14-8-17-6-7-18-14)12-9-22(10-12)15-5-4-13(19-20-15)11-2-3-11/h4-8,11-12H,2-3,9-10H2,1H3. The Bertz CT molecular complexity index is 694. The van der Waals surface area contributed by atoms with Crippen molar-refractivity contribution in [2.75, 3.05) is 25.0 Å². The van der Waals surface area contributed by atoms with Gasteiger partial charge < -0.3 is 9.80 Å². The van der Waals surface area contributed by atoms with Crippen LogP contribution in [0.2, 0.25) is 0 Å². The number of nitrogens with zero attached hydrogens (tertiary/aromatic N) is 6. The molecule has 1 aliphatic heterocycles. The van der Waals surface area contributed by atoms with Gasteiger partial charge in [0.2, 0.25) is 0 Å². The third-order valence-electron chi connectivity index (χ3n) is 4.50. The lowest BCUT2D eigenvalue weighted by atomic mass is 10.1. The summed E-state index contributed by atoms with van der Waals surface area (Å²) in [6, 6.07) is 4.26. The van der Waals surface area contributed by atoms with E-state index in [-0.39, 0.29) is 11.9 Å². The number of hydrogen-bond donors (Lipinski definition) is 0. The Kier molecular flexibility index (Phi) is 3.40. The second-order valence-corrected chi connectivity index (χ2v) is 6.16. The van der Waals surface area contributed by atoms with Crippen LogP contribution in [-0.4, -0.2) is 57.2 Å². The van der Waals surface area contributed by atoms with Gasteiger partial charge >= 0.3 is 0 Å².